The van der Waals surface area contributed by atoms with Crippen LogP contribution < -0.4 is 0 Å². The Morgan fingerprint density at radius 1 is 1.25 bits per heavy atom. The van der Waals surface area contributed by atoms with Gasteiger partial charge in [0.25, 0.3) is 5.91 Å². The molecule has 0 radical (unpaired) electrons. The van der Waals surface area contributed by atoms with Gasteiger partial charge in [-0.1, -0.05) is 28.9 Å². The third-order valence-corrected chi connectivity index (χ3v) is 5.26. The Balaban J connectivity index is 1.81. The lowest BCUT2D eigenvalue weighted by Gasteiger charge is -2.26. The number of amides is 1. The molecule has 2 heterocycles. The van der Waals surface area contributed by atoms with Crippen LogP contribution in [0.1, 0.15) is 35.0 Å². The van der Waals surface area contributed by atoms with Crippen LogP contribution in [-0.4, -0.2) is 27.0 Å². The van der Waals surface area contributed by atoms with Gasteiger partial charge in [-0.3, -0.25) is 4.79 Å². The van der Waals surface area contributed by atoms with Crippen LogP contribution >= 0.6 is 22.9 Å². The normalized spacial score (nSPS) is 11.8. The van der Waals surface area contributed by atoms with Gasteiger partial charge < -0.3 is 9.42 Å². The third-order valence-electron chi connectivity index (χ3n) is 3.87. The summed E-state index contributed by atoms with van der Waals surface area (Å²) in [5.74, 6) is -1.76. The van der Waals surface area contributed by atoms with Gasteiger partial charge in [0, 0.05) is 10.9 Å². The van der Waals surface area contributed by atoms with Crippen LogP contribution in [0.2, 0.25) is 5.02 Å². The van der Waals surface area contributed by atoms with Gasteiger partial charge in [-0.05, 0) is 38.1 Å². The minimum atomic E-state index is -4.69. The van der Waals surface area contributed by atoms with Crippen LogP contribution in [0.3, 0.4) is 0 Å². The average Bonchev–Trinajstić information content (AvgIpc) is 3.28. The molecule has 0 fully saturated rings. The van der Waals surface area contributed by atoms with E-state index in [2.05, 4.69) is 14.7 Å². The van der Waals surface area contributed by atoms with Gasteiger partial charge in [-0.2, -0.15) is 18.2 Å². The van der Waals surface area contributed by atoms with E-state index < -0.39 is 12.1 Å². The molecule has 148 valence electrons. The van der Waals surface area contributed by atoms with E-state index in [4.69, 9.17) is 11.6 Å². The summed E-state index contributed by atoms with van der Waals surface area (Å²) in [6, 6.07) is 9.97. The molecule has 1 aromatic carbocycles. The van der Waals surface area contributed by atoms with Gasteiger partial charge in [0.2, 0.25) is 5.82 Å². The average molecular weight is 430 g/mol. The maximum Gasteiger partial charge on any atom is 0.471 e. The zero-order valence-electron chi connectivity index (χ0n) is 14.8. The van der Waals surface area contributed by atoms with E-state index in [9.17, 15) is 18.0 Å². The number of hydrogen-bond donors (Lipinski definition) is 0. The SMILES string of the molecule is CC(C)N(Cc1ccc(-c2noc(C(F)(F)F)n2)s1)C(=O)c1ccccc1Cl. The molecule has 0 spiro atoms. The van der Waals surface area contributed by atoms with Crippen LogP contribution in [0.5, 0.6) is 0 Å². The fraction of sp³-hybridized carbons (Fsp3) is 0.278. The Hall–Kier alpha value is -2.39. The first-order chi connectivity index (χ1) is 13.2. The van der Waals surface area contributed by atoms with Crippen LogP contribution in [0.15, 0.2) is 40.9 Å². The molecule has 2 aromatic heterocycles. The molecule has 0 bridgehead atoms. The summed E-state index contributed by atoms with van der Waals surface area (Å²) in [7, 11) is 0. The molecule has 5 nitrogen and oxygen atoms in total. The van der Waals surface area contributed by atoms with Crippen LogP contribution in [0.25, 0.3) is 10.7 Å². The second-order valence-corrected chi connectivity index (χ2v) is 7.77. The van der Waals surface area contributed by atoms with Crippen molar-refractivity contribution < 1.29 is 22.5 Å². The van der Waals surface area contributed by atoms with Crippen molar-refractivity contribution in [1.29, 1.82) is 0 Å². The van der Waals surface area contributed by atoms with Crippen molar-refractivity contribution in [1.82, 2.24) is 15.0 Å². The second-order valence-electron chi connectivity index (χ2n) is 6.19. The molecule has 10 heteroatoms. The molecule has 3 aromatic rings. The maximum absolute atomic E-state index is 12.9. The first-order valence-corrected chi connectivity index (χ1v) is 9.41. The molecule has 0 aliphatic heterocycles. The summed E-state index contributed by atoms with van der Waals surface area (Å²) in [6.07, 6.45) is -4.69. The van der Waals surface area contributed by atoms with Crippen molar-refractivity contribution in [2.24, 2.45) is 0 Å². The van der Waals surface area contributed by atoms with Crippen molar-refractivity contribution in [2.45, 2.75) is 32.6 Å². The van der Waals surface area contributed by atoms with Gasteiger partial charge >= 0.3 is 12.1 Å². The first-order valence-electron chi connectivity index (χ1n) is 8.22. The van der Waals surface area contributed by atoms with E-state index in [-0.39, 0.29) is 24.3 Å². The van der Waals surface area contributed by atoms with Gasteiger partial charge in [0.15, 0.2) is 0 Å². The predicted octanol–water partition coefficient (Wildman–Crippen LogP) is 5.52. The third kappa shape index (κ3) is 4.36. The zero-order valence-corrected chi connectivity index (χ0v) is 16.4. The number of rotatable bonds is 5. The van der Waals surface area contributed by atoms with E-state index in [0.29, 0.717) is 15.5 Å². The van der Waals surface area contributed by atoms with Crippen molar-refractivity contribution in [3.05, 3.63) is 57.8 Å². The van der Waals surface area contributed by atoms with Crippen molar-refractivity contribution in [2.75, 3.05) is 0 Å². The van der Waals surface area contributed by atoms with Crippen LogP contribution in [0, 0.1) is 0 Å². The quantitative estimate of drug-likeness (QED) is 0.535. The first kappa shape index (κ1) is 20.3. The lowest BCUT2D eigenvalue weighted by atomic mass is 10.1. The van der Waals surface area contributed by atoms with E-state index in [0.717, 1.165) is 4.88 Å². The largest absolute Gasteiger partial charge is 0.471 e. The van der Waals surface area contributed by atoms with E-state index in [1.807, 2.05) is 13.8 Å². The number of halogens is 4. The highest BCUT2D eigenvalue weighted by Gasteiger charge is 2.38. The predicted molar refractivity (Wildman–Crippen MR) is 99.1 cm³/mol. The van der Waals surface area contributed by atoms with E-state index in [1.165, 1.54) is 11.3 Å². The minimum Gasteiger partial charge on any atom is -0.331 e. The molecule has 1 amide bonds. The van der Waals surface area contributed by atoms with Gasteiger partial charge in [-0.15, -0.1) is 11.3 Å². The van der Waals surface area contributed by atoms with Crippen molar-refractivity contribution in [3.63, 3.8) is 0 Å². The van der Waals surface area contributed by atoms with E-state index in [1.54, 1.807) is 41.3 Å². The fourth-order valence-electron chi connectivity index (χ4n) is 2.47. The standard InChI is InChI=1S/C18H15ClF3N3O2S/c1-10(2)25(16(26)12-5-3-4-6-13(12)19)9-11-7-8-14(28-11)15-23-17(27-24-15)18(20,21)22/h3-8,10H,9H2,1-2H3. The Morgan fingerprint density at radius 3 is 2.57 bits per heavy atom. The molecule has 0 saturated carbocycles. The maximum atomic E-state index is 12.9. The highest BCUT2D eigenvalue weighted by Crippen LogP contribution is 2.32. The molecule has 0 atom stereocenters. The summed E-state index contributed by atoms with van der Waals surface area (Å²) in [4.78, 5) is 19.1. The summed E-state index contributed by atoms with van der Waals surface area (Å²) in [5, 5.41) is 3.74. The molecule has 0 unspecified atom stereocenters. The molecule has 28 heavy (non-hydrogen) atoms. The molecule has 0 aliphatic rings. The molecular weight excluding hydrogens is 415 g/mol. The van der Waals surface area contributed by atoms with Crippen LogP contribution in [0.4, 0.5) is 13.2 Å². The second kappa shape index (κ2) is 7.92. The molecule has 0 N–H and O–H groups in total. The fourth-order valence-corrected chi connectivity index (χ4v) is 3.62. The Labute approximate surface area is 167 Å². The van der Waals surface area contributed by atoms with Crippen molar-refractivity contribution >= 4 is 28.8 Å². The minimum absolute atomic E-state index is 0.115. The van der Waals surface area contributed by atoms with Gasteiger partial charge in [0.05, 0.1) is 22.0 Å². The summed E-state index contributed by atoms with van der Waals surface area (Å²) >= 11 is 7.32. The van der Waals surface area contributed by atoms with E-state index >= 15 is 0 Å². The number of nitrogens with zero attached hydrogens (tertiary/aromatic N) is 3. The topological polar surface area (TPSA) is 59.2 Å². The lowest BCUT2D eigenvalue weighted by Crippen LogP contribution is -2.36. The monoisotopic (exact) mass is 429 g/mol. The summed E-state index contributed by atoms with van der Waals surface area (Å²) in [6.45, 7) is 4.02. The smallest absolute Gasteiger partial charge is 0.331 e. The number of carbonyl (C=O) groups is 1. The van der Waals surface area contributed by atoms with Crippen molar-refractivity contribution in [3.8, 4) is 10.7 Å². The van der Waals surface area contributed by atoms with Gasteiger partial charge in [-0.25, -0.2) is 0 Å². The number of alkyl halides is 3. The molecule has 0 aliphatic carbocycles. The number of hydrogen-bond acceptors (Lipinski definition) is 5. The molecule has 0 saturated heterocycles. The summed E-state index contributed by atoms with van der Waals surface area (Å²) < 4.78 is 42.1. The number of benzene rings is 1. The number of aromatic nitrogens is 2. The van der Waals surface area contributed by atoms with Gasteiger partial charge in [0.1, 0.15) is 0 Å². The van der Waals surface area contributed by atoms with Crippen LogP contribution in [-0.2, 0) is 12.7 Å². The Kier molecular flexibility index (Phi) is 5.76. The number of thiophene rings is 1. The Morgan fingerprint density at radius 2 is 1.96 bits per heavy atom. The lowest BCUT2D eigenvalue weighted by molar-refractivity contribution is -0.159. The zero-order chi connectivity index (χ0) is 20.5. The number of carbonyl (C=O) groups excluding carboxylic acids is 1. The molecular formula is C18H15ClF3N3O2S. The summed E-state index contributed by atoms with van der Waals surface area (Å²) in [5.41, 5.74) is 0.391. The Bertz CT molecular complexity index is 984. The molecule has 3 rings (SSSR count). The highest BCUT2D eigenvalue weighted by atomic mass is 35.5. The highest BCUT2D eigenvalue weighted by molar-refractivity contribution is 7.15.